The Balaban J connectivity index is 0.000000278. The van der Waals surface area contributed by atoms with Gasteiger partial charge in [-0.05, 0) is 69.3 Å². The van der Waals surface area contributed by atoms with Crippen molar-refractivity contribution < 1.29 is 4.74 Å². The summed E-state index contributed by atoms with van der Waals surface area (Å²) in [6, 6.07) is 25.4. The average molecular weight is 450 g/mol. The SMILES string of the molecule is CC(C)(C)c1ccc(S)cc1.CC(C)(C)c1ccc([OH+]c2ccc(C(C)(C)C)cc2)cc1. The molecule has 3 aromatic carbocycles. The molecule has 0 unspecified atom stereocenters. The number of rotatable bonds is 2. The van der Waals surface area contributed by atoms with Crippen LogP contribution < -0.4 is 0 Å². The Morgan fingerprint density at radius 3 is 0.938 bits per heavy atom. The number of ether oxygens (including phenoxy) is 1. The first-order valence-electron chi connectivity index (χ1n) is 11.4. The molecule has 32 heavy (non-hydrogen) atoms. The minimum Gasteiger partial charge on any atom is -0.546 e. The van der Waals surface area contributed by atoms with Crippen LogP contribution in [0.15, 0.2) is 77.7 Å². The van der Waals surface area contributed by atoms with E-state index in [0.717, 1.165) is 16.4 Å². The number of aromatic hydroxyl groups is 2. The summed E-state index contributed by atoms with van der Waals surface area (Å²) in [7, 11) is 0. The van der Waals surface area contributed by atoms with Gasteiger partial charge < -0.3 is 4.74 Å². The quantitative estimate of drug-likeness (QED) is 0.296. The van der Waals surface area contributed by atoms with Gasteiger partial charge in [-0.15, -0.1) is 12.6 Å². The molecule has 172 valence electrons. The van der Waals surface area contributed by atoms with Crippen LogP contribution in [-0.4, -0.2) is 4.74 Å². The average Bonchev–Trinajstić information content (AvgIpc) is 2.67. The lowest BCUT2D eigenvalue weighted by molar-refractivity contribution is 0.198. The summed E-state index contributed by atoms with van der Waals surface area (Å²) < 4.78 is 4.69. The third-order valence-electron chi connectivity index (χ3n) is 5.46. The Bertz CT molecular complexity index is 906. The van der Waals surface area contributed by atoms with Crippen molar-refractivity contribution in [2.24, 2.45) is 0 Å². The van der Waals surface area contributed by atoms with Crippen LogP contribution in [0.25, 0.3) is 0 Å². The van der Waals surface area contributed by atoms with E-state index in [1.807, 2.05) is 12.1 Å². The van der Waals surface area contributed by atoms with E-state index in [9.17, 15) is 0 Å². The van der Waals surface area contributed by atoms with Crippen LogP contribution in [0.1, 0.15) is 79.0 Å². The van der Waals surface area contributed by atoms with Crippen molar-refractivity contribution in [3.8, 4) is 11.5 Å². The predicted molar refractivity (Wildman–Crippen MR) is 144 cm³/mol. The molecule has 1 N–H and O–H groups in total. The summed E-state index contributed by atoms with van der Waals surface area (Å²) in [6.45, 7) is 20.0. The monoisotopic (exact) mass is 449 g/mol. The molecule has 0 radical (unpaired) electrons. The summed E-state index contributed by atoms with van der Waals surface area (Å²) in [5.41, 5.74) is 4.66. The third kappa shape index (κ3) is 8.06. The maximum atomic E-state index is 4.69. The van der Waals surface area contributed by atoms with E-state index in [1.54, 1.807) is 0 Å². The molecule has 2 heteroatoms. The molecule has 0 aliphatic carbocycles. The van der Waals surface area contributed by atoms with E-state index >= 15 is 0 Å². The predicted octanol–water partition coefficient (Wildman–Crippen LogP) is 9.21. The van der Waals surface area contributed by atoms with E-state index in [2.05, 4.69) is 140 Å². The molecular formula is C30H41OS+. The lowest BCUT2D eigenvalue weighted by Crippen LogP contribution is -2.10. The summed E-state index contributed by atoms with van der Waals surface area (Å²) in [5.74, 6) is 2.01. The maximum Gasteiger partial charge on any atom is 0.260 e. The maximum absolute atomic E-state index is 4.69. The van der Waals surface area contributed by atoms with Crippen LogP contribution in [0.3, 0.4) is 0 Å². The van der Waals surface area contributed by atoms with Crippen molar-refractivity contribution in [3.63, 3.8) is 0 Å². The van der Waals surface area contributed by atoms with Crippen molar-refractivity contribution in [1.29, 1.82) is 0 Å². The molecule has 3 aromatic rings. The lowest BCUT2D eigenvalue weighted by Gasteiger charge is -2.19. The van der Waals surface area contributed by atoms with Crippen LogP contribution in [0.4, 0.5) is 0 Å². The van der Waals surface area contributed by atoms with Crippen LogP contribution in [-0.2, 0) is 16.2 Å². The molecule has 0 saturated carbocycles. The van der Waals surface area contributed by atoms with Gasteiger partial charge in [0.25, 0.3) is 11.5 Å². The minimum atomic E-state index is 0.187. The highest BCUT2D eigenvalue weighted by Crippen LogP contribution is 2.30. The number of hydrogen-bond acceptors (Lipinski definition) is 1. The highest BCUT2D eigenvalue weighted by Gasteiger charge is 2.16. The molecule has 0 amide bonds. The smallest absolute Gasteiger partial charge is 0.260 e. The zero-order valence-corrected chi connectivity index (χ0v) is 22.2. The number of hydrogen-bond donors (Lipinski definition) is 1. The van der Waals surface area contributed by atoms with Crippen LogP contribution in [0.5, 0.6) is 11.5 Å². The molecule has 0 aromatic heterocycles. The normalized spacial score (nSPS) is 12.1. The summed E-state index contributed by atoms with van der Waals surface area (Å²) >= 11 is 4.23. The van der Waals surface area contributed by atoms with Crippen molar-refractivity contribution in [1.82, 2.24) is 0 Å². The van der Waals surface area contributed by atoms with Crippen LogP contribution in [0, 0.1) is 0 Å². The second-order valence-corrected chi connectivity index (χ2v) is 12.0. The highest BCUT2D eigenvalue weighted by atomic mass is 32.1. The van der Waals surface area contributed by atoms with Gasteiger partial charge >= 0.3 is 0 Å². The fraction of sp³-hybridized carbons (Fsp3) is 0.400. The van der Waals surface area contributed by atoms with Crippen molar-refractivity contribution in [2.75, 3.05) is 0 Å². The Kier molecular flexibility index (Phi) is 8.28. The minimum absolute atomic E-state index is 0.187. The number of benzene rings is 3. The fourth-order valence-electron chi connectivity index (χ4n) is 3.18. The van der Waals surface area contributed by atoms with E-state index < -0.39 is 0 Å². The first-order valence-corrected chi connectivity index (χ1v) is 11.8. The van der Waals surface area contributed by atoms with Crippen LogP contribution >= 0.6 is 12.6 Å². The first kappa shape index (κ1) is 26.1. The van der Waals surface area contributed by atoms with Crippen molar-refractivity contribution >= 4 is 12.6 Å². The van der Waals surface area contributed by atoms with Gasteiger partial charge in [0.1, 0.15) is 0 Å². The van der Waals surface area contributed by atoms with Gasteiger partial charge in [-0.1, -0.05) is 74.4 Å². The Labute approximate surface area is 201 Å². The van der Waals surface area contributed by atoms with Crippen LogP contribution in [0.2, 0.25) is 0 Å². The van der Waals surface area contributed by atoms with E-state index in [0.29, 0.717) is 0 Å². The van der Waals surface area contributed by atoms with Gasteiger partial charge in [-0.25, -0.2) is 0 Å². The van der Waals surface area contributed by atoms with E-state index in [4.69, 9.17) is 0 Å². The zero-order valence-electron chi connectivity index (χ0n) is 21.3. The van der Waals surface area contributed by atoms with Gasteiger partial charge in [-0.3, -0.25) is 0 Å². The highest BCUT2D eigenvalue weighted by molar-refractivity contribution is 7.80. The second kappa shape index (κ2) is 10.2. The number of thiol groups is 1. The third-order valence-corrected chi connectivity index (χ3v) is 5.76. The first-order chi connectivity index (χ1) is 14.7. The standard InChI is InChI=1S/C20H26O.C10H14S/c1-19(2,3)15-7-11-17(12-8-15)21-18-13-9-16(10-14-18)20(4,5)6;1-10(2,3)8-4-6-9(11)7-5-8/h7-14H,1-6H3;4-7,11H,1-3H3/p+1. The zero-order chi connectivity index (χ0) is 24.2. The topological polar surface area (TPSA) is 12.8 Å². The van der Waals surface area contributed by atoms with Gasteiger partial charge in [0.15, 0.2) is 0 Å². The molecule has 0 aliphatic heterocycles. The summed E-state index contributed by atoms with van der Waals surface area (Å²) in [5, 5.41) is 0. The molecule has 0 heterocycles. The second-order valence-electron chi connectivity index (χ2n) is 11.5. The van der Waals surface area contributed by atoms with E-state index in [1.165, 1.54) is 16.7 Å². The Morgan fingerprint density at radius 2 is 0.688 bits per heavy atom. The Hall–Kier alpha value is -2.19. The summed E-state index contributed by atoms with van der Waals surface area (Å²) in [4.78, 5) is 1.03. The van der Waals surface area contributed by atoms with Gasteiger partial charge in [0.2, 0.25) is 0 Å². The van der Waals surface area contributed by atoms with Gasteiger partial charge in [-0.2, -0.15) is 0 Å². The fourth-order valence-corrected chi connectivity index (χ4v) is 3.33. The molecule has 1 nitrogen and oxygen atoms in total. The van der Waals surface area contributed by atoms with Crippen molar-refractivity contribution in [2.45, 2.75) is 83.5 Å². The summed E-state index contributed by atoms with van der Waals surface area (Å²) in [6.07, 6.45) is 0. The lowest BCUT2D eigenvalue weighted by atomic mass is 9.87. The molecule has 0 fully saturated rings. The molecule has 3 rings (SSSR count). The van der Waals surface area contributed by atoms with Gasteiger partial charge in [0, 0.05) is 29.2 Å². The molecule has 0 spiro atoms. The molecule has 0 saturated heterocycles. The van der Waals surface area contributed by atoms with Crippen molar-refractivity contribution in [3.05, 3.63) is 89.5 Å². The molecular weight excluding hydrogens is 408 g/mol. The molecule has 0 bridgehead atoms. The van der Waals surface area contributed by atoms with E-state index in [-0.39, 0.29) is 16.2 Å². The largest absolute Gasteiger partial charge is 0.546 e. The molecule has 0 aliphatic rings. The molecule has 0 atom stereocenters. The Morgan fingerprint density at radius 1 is 0.438 bits per heavy atom. The van der Waals surface area contributed by atoms with Gasteiger partial charge in [0.05, 0.1) is 0 Å².